The Kier molecular flexibility index (Phi) is 4.44. The summed E-state index contributed by atoms with van der Waals surface area (Å²) in [6.45, 7) is 2.12. The highest BCUT2D eigenvalue weighted by atomic mass is 16.5. The summed E-state index contributed by atoms with van der Waals surface area (Å²) in [6, 6.07) is 31.4. The third kappa shape index (κ3) is 2.89. The minimum Gasteiger partial charge on any atom is -0.333 e. The monoisotopic (exact) mass is 416 g/mol. The van der Waals surface area contributed by atoms with Crippen LogP contribution in [0.25, 0.3) is 5.57 Å². The number of hydrogen-bond acceptors (Lipinski definition) is 3. The number of fused-ring (bicyclic) bond motifs is 2. The fraction of sp³-hybridized carbons (Fsp3) is 0.138. The maximum absolute atomic E-state index is 7.07. The number of rotatable bonds is 3. The number of nitrogens with zero attached hydrogens (tertiary/aromatic N) is 2. The van der Waals surface area contributed by atoms with Gasteiger partial charge >= 0.3 is 0 Å². The summed E-state index contributed by atoms with van der Waals surface area (Å²) in [6.07, 6.45) is 8.49. The molecule has 0 saturated carbocycles. The van der Waals surface area contributed by atoms with Crippen molar-refractivity contribution in [2.75, 3.05) is 0 Å². The molecule has 3 aliphatic rings. The lowest BCUT2D eigenvalue weighted by Crippen LogP contribution is -2.52. The Morgan fingerprint density at radius 1 is 0.812 bits per heavy atom. The fourth-order valence-electron chi connectivity index (χ4n) is 4.91. The zero-order chi connectivity index (χ0) is 21.5. The van der Waals surface area contributed by atoms with Crippen LogP contribution in [0.3, 0.4) is 0 Å². The molecule has 3 heteroatoms. The van der Waals surface area contributed by atoms with Crippen molar-refractivity contribution in [1.29, 1.82) is 0 Å². The van der Waals surface area contributed by atoms with Crippen LogP contribution in [-0.2, 0) is 4.74 Å². The van der Waals surface area contributed by atoms with Crippen molar-refractivity contribution in [3.8, 4) is 0 Å². The number of allylic oxidation sites excluding steroid dienone is 2. The molecular formula is C29H24N2O. The van der Waals surface area contributed by atoms with Crippen molar-refractivity contribution >= 4 is 11.3 Å². The van der Waals surface area contributed by atoms with Crippen LogP contribution in [0.5, 0.6) is 0 Å². The smallest absolute Gasteiger partial charge is 0.214 e. The lowest BCUT2D eigenvalue weighted by Gasteiger charge is -2.41. The zero-order valence-electron chi connectivity index (χ0n) is 17.9. The molecule has 0 amide bonds. The van der Waals surface area contributed by atoms with Gasteiger partial charge < -0.3 is 9.64 Å². The highest BCUT2D eigenvalue weighted by Crippen LogP contribution is 2.52. The van der Waals surface area contributed by atoms with Crippen LogP contribution in [0.15, 0.2) is 126 Å². The first-order valence-electron chi connectivity index (χ1n) is 11.0. The standard InChI is InChI=1S/C29H24N2O/c1-21-17-18-27-30-28(24-15-9-4-10-16-24)29(31(27)20-21)25(22-11-5-2-6-12-22)19-26(32-29)23-13-7-3-8-14-23/h2-20,26-27H,1H3. The molecule has 3 unspecified atom stereocenters. The highest BCUT2D eigenvalue weighted by molar-refractivity contribution is 6.16. The van der Waals surface area contributed by atoms with E-state index in [2.05, 4.69) is 115 Å². The molecule has 32 heavy (non-hydrogen) atoms. The van der Waals surface area contributed by atoms with Crippen LogP contribution >= 0.6 is 0 Å². The minimum atomic E-state index is -0.806. The van der Waals surface area contributed by atoms with Crippen LogP contribution in [0, 0.1) is 0 Å². The summed E-state index contributed by atoms with van der Waals surface area (Å²) in [5.74, 6) is 0. The maximum atomic E-state index is 7.07. The largest absolute Gasteiger partial charge is 0.333 e. The van der Waals surface area contributed by atoms with Gasteiger partial charge in [0, 0.05) is 17.3 Å². The molecule has 3 aliphatic heterocycles. The molecule has 3 aromatic rings. The Balaban J connectivity index is 1.59. The molecule has 0 radical (unpaired) electrons. The molecule has 0 fully saturated rings. The first-order valence-corrected chi connectivity index (χ1v) is 11.0. The van der Waals surface area contributed by atoms with Gasteiger partial charge in [-0.2, -0.15) is 0 Å². The SMILES string of the molecule is CC1=CN2C(C=C1)N=C(c1ccccc1)C21OC(c2ccccc2)C=C1c1ccccc1. The summed E-state index contributed by atoms with van der Waals surface area (Å²) < 4.78 is 7.07. The quantitative estimate of drug-likeness (QED) is 0.512. The van der Waals surface area contributed by atoms with E-state index in [1.165, 1.54) is 5.57 Å². The number of aliphatic imine (C=N–C) groups is 1. The molecule has 1 spiro atoms. The number of benzene rings is 3. The van der Waals surface area contributed by atoms with Crippen LogP contribution in [0.1, 0.15) is 29.7 Å². The van der Waals surface area contributed by atoms with E-state index in [0.717, 1.165) is 28.0 Å². The van der Waals surface area contributed by atoms with Crippen molar-refractivity contribution < 1.29 is 4.74 Å². The Morgan fingerprint density at radius 3 is 2.12 bits per heavy atom. The van der Waals surface area contributed by atoms with Crippen molar-refractivity contribution in [2.45, 2.75) is 24.9 Å². The summed E-state index contributed by atoms with van der Waals surface area (Å²) in [5.41, 5.74) is 5.84. The third-order valence-electron chi connectivity index (χ3n) is 6.35. The summed E-state index contributed by atoms with van der Waals surface area (Å²) in [7, 11) is 0. The summed E-state index contributed by atoms with van der Waals surface area (Å²) in [5, 5.41) is 0. The first kappa shape index (κ1) is 19.0. The maximum Gasteiger partial charge on any atom is 0.214 e. The van der Waals surface area contributed by atoms with Gasteiger partial charge in [-0.3, -0.25) is 4.99 Å². The highest BCUT2D eigenvalue weighted by Gasteiger charge is 2.57. The van der Waals surface area contributed by atoms with E-state index in [1.807, 2.05) is 12.1 Å². The molecule has 0 aliphatic carbocycles. The van der Waals surface area contributed by atoms with Gasteiger partial charge in [0.15, 0.2) is 0 Å². The Hall–Kier alpha value is -3.69. The topological polar surface area (TPSA) is 24.8 Å². The second-order valence-electron chi connectivity index (χ2n) is 8.44. The van der Waals surface area contributed by atoms with Gasteiger partial charge in [-0.1, -0.05) is 97.1 Å². The average molecular weight is 417 g/mol. The second-order valence-corrected chi connectivity index (χ2v) is 8.44. The van der Waals surface area contributed by atoms with Crippen molar-refractivity contribution in [3.63, 3.8) is 0 Å². The average Bonchev–Trinajstić information content (AvgIpc) is 3.40. The lowest BCUT2D eigenvalue weighted by atomic mass is 9.87. The van der Waals surface area contributed by atoms with E-state index in [9.17, 15) is 0 Å². The van der Waals surface area contributed by atoms with E-state index < -0.39 is 5.72 Å². The normalized spacial score (nSPS) is 26.0. The van der Waals surface area contributed by atoms with Gasteiger partial charge in [0.2, 0.25) is 5.72 Å². The number of hydrogen-bond donors (Lipinski definition) is 0. The van der Waals surface area contributed by atoms with E-state index in [4.69, 9.17) is 9.73 Å². The molecule has 3 atom stereocenters. The minimum absolute atomic E-state index is 0.101. The molecule has 3 heterocycles. The summed E-state index contributed by atoms with van der Waals surface area (Å²) in [4.78, 5) is 7.48. The van der Waals surface area contributed by atoms with E-state index in [-0.39, 0.29) is 12.3 Å². The van der Waals surface area contributed by atoms with Crippen molar-refractivity contribution in [2.24, 2.45) is 4.99 Å². The van der Waals surface area contributed by atoms with Crippen molar-refractivity contribution in [1.82, 2.24) is 4.90 Å². The van der Waals surface area contributed by atoms with E-state index >= 15 is 0 Å². The molecule has 0 bridgehead atoms. The van der Waals surface area contributed by atoms with Crippen LogP contribution in [0.4, 0.5) is 0 Å². The number of ether oxygens (including phenoxy) is 1. The van der Waals surface area contributed by atoms with Gasteiger partial charge in [-0.25, -0.2) is 0 Å². The Labute approximate surface area is 188 Å². The predicted molar refractivity (Wildman–Crippen MR) is 129 cm³/mol. The predicted octanol–water partition coefficient (Wildman–Crippen LogP) is 6.14. The van der Waals surface area contributed by atoms with Gasteiger partial charge in [0.1, 0.15) is 18.0 Å². The van der Waals surface area contributed by atoms with Gasteiger partial charge in [0.05, 0.1) is 0 Å². The first-order chi connectivity index (χ1) is 15.8. The molecular weight excluding hydrogens is 392 g/mol. The van der Waals surface area contributed by atoms with Gasteiger partial charge in [-0.15, -0.1) is 0 Å². The van der Waals surface area contributed by atoms with Crippen LogP contribution in [0.2, 0.25) is 0 Å². The molecule has 0 aromatic heterocycles. The summed E-state index contributed by atoms with van der Waals surface area (Å²) >= 11 is 0. The molecule has 6 rings (SSSR count). The molecule has 3 nitrogen and oxygen atoms in total. The van der Waals surface area contributed by atoms with E-state index in [0.29, 0.717) is 0 Å². The van der Waals surface area contributed by atoms with Crippen LogP contribution < -0.4 is 0 Å². The fourth-order valence-corrected chi connectivity index (χ4v) is 4.91. The molecule has 156 valence electrons. The van der Waals surface area contributed by atoms with E-state index in [1.54, 1.807) is 0 Å². The van der Waals surface area contributed by atoms with Crippen LogP contribution in [-0.4, -0.2) is 22.5 Å². The van der Waals surface area contributed by atoms with Gasteiger partial charge in [0.25, 0.3) is 0 Å². The molecule has 0 N–H and O–H groups in total. The van der Waals surface area contributed by atoms with Gasteiger partial charge in [-0.05, 0) is 35.8 Å². The molecule has 0 saturated heterocycles. The zero-order valence-corrected chi connectivity index (χ0v) is 17.9. The van der Waals surface area contributed by atoms with Crippen molar-refractivity contribution in [3.05, 3.63) is 138 Å². The molecule has 3 aromatic carbocycles. The Morgan fingerprint density at radius 2 is 1.44 bits per heavy atom. The lowest BCUT2D eigenvalue weighted by molar-refractivity contribution is -0.0554. The second kappa shape index (κ2) is 7.47. The third-order valence-corrected chi connectivity index (χ3v) is 6.35. The Bertz CT molecular complexity index is 1260.